The van der Waals surface area contributed by atoms with Crippen LogP contribution in [0.25, 0.3) is 0 Å². The van der Waals surface area contributed by atoms with Crippen molar-refractivity contribution in [1.82, 2.24) is 5.32 Å². The number of hydrogen-bond acceptors (Lipinski definition) is 4. The number of rotatable bonds is 2. The van der Waals surface area contributed by atoms with Gasteiger partial charge in [-0.1, -0.05) is 19.0 Å². The normalized spacial score (nSPS) is 50.5. The van der Waals surface area contributed by atoms with Gasteiger partial charge in [0.15, 0.2) is 0 Å². The predicted molar refractivity (Wildman–Crippen MR) is 114 cm³/mol. The van der Waals surface area contributed by atoms with Crippen LogP contribution in [0, 0.1) is 52.8 Å². The van der Waals surface area contributed by atoms with E-state index in [2.05, 4.69) is 30.2 Å². The Labute approximate surface area is 175 Å². The number of oxime groups is 1. The van der Waals surface area contributed by atoms with Gasteiger partial charge in [0.2, 0.25) is 0 Å². The highest BCUT2D eigenvalue weighted by Crippen LogP contribution is 2.66. The summed E-state index contributed by atoms with van der Waals surface area (Å²) in [6.07, 6.45) is 15.8. The van der Waals surface area contributed by atoms with E-state index >= 15 is 0 Å². The lowest BCUT2D eigenvalue weighted by Crippen LogP contribution is -2.56. The maximum Gasteiger partial charge on any atom is 0.141 e. The first-order chi connectivity index (χ1) is 14.0. The van der Waals surface area contributed by atoms with Crippen molar-refractivity contribution >= 4 is 11.5 Å². The quantitative estimate of drug-likeness (QED) is 0.562. The summed E-state index contributed by atoms with van der Waals surface area (Å²) in [6, 6.07) is 0. The zero-order valence-corrected chi connectivity index (χ0v) is 18.1. The summed E-state index contributed by atoms with van der Waals surface area (Å²) in [4.78, 5) is 18.5. The van der Waals surface area contributed by atoms with E-state index < -0.39 is 0 Å². The van der Waals surface area contributed by atoms with E-state index in [-0.39, 0.29) is 16.9 Å². The Bertz CT molecular complexity index is 748. The molecule has 1 aliphatic heterocycles. The molecule has 4 aliphatic carbocycles. The topological polar surface area (TPSA) is 50.7 Å². The van der Waals surface area contributed by atoms with Gasteiger partial charge in [0, 0.05) is 30.7 Å². The fraction of sp³-hybridized carbons (Fsp3) is 0.840. The number of carbonyl (C=O) groups excluding carboxylic acids is 1. The van der Waals surface area contributed by atoms with Crippen LogP contribution in [0.4, 0.5) is 0 Å². The van der Waals surface area contributed by atoms with E-state index in [0.717, 1.165) is 58.0 Å². The lowest BCUT2D eigenvalue weighted by Gasteiger charge is -2.61. The largest absolute Gasteiger partial charge is 0.391 e. The molecule has 5 rings (SSSR count). The van der Waals surface area contributed by atoms with Gasteiger partial charge in [-0.15, -0.1) is 12.3 Å². The van der Waals surface area contributed by atoms with Crippen molar-refractivity contribution in [3.05, 3.63) is 0 Å². The maximum absolute atomic E-state index is 12.7. The molecule has 8 atom stereocenters. The molecule has 0 aromatic rings. The summed E-state index contributed by atoms with van der Waals surface area (Å²) in [6.45, 7) is 6.70. The average Bonchev–Trinajstić information content (AvgIpc) is 3.34. The fourth-order valence-corrected chi connectivity index (χ4v) is 8.05. The van der Waals surface area contributed by atoms with Crippen molar-refractivity contribution in [2.45, 2.75) is 77.7 Å². The first kappa shape index (κ1) is 19.6. The molecule has 1 saturated heterocycles. The molecule has 0 radical (unpaired) electrons. The van der Waals surface area contributed by atoms with Crippen LogP contribution in [-0.2, 0) is 9.63 Å². The SMILES string of the molecule is C#C[C@H]1C[C@@H]2[C@H](CC[C@]3(C)C(=O)CC[C@@H]23)[C@@]2(C)CC/C(=N\O[C@@H]3CCNC3)C[C@H]12. The summed E-state index contributed by atoms with van der Waals surface area (Å²) in [5.74, 6) is 6.41. The number of Topliss-reactive ketones (excluding diaryl/α,β-unsaturated/α-hetero) is 1. The van der Waals surface area contributed by atoms with Gasteiger partial charge in [0.1, 0.15) is 11.9 Å². The van der Waals surface area contributed by atoms with E-state index in [1.165, 1.54) is 18.6 Å². The monoisotopic (exact) mass is 396 g/mol. The second-order valence-electron chi connectivity index (χ2n) is 11.0. The Kier molecular flexibility index (Phi) is 4.81. The lowest BCUT2D eigenvalue weighted by atomic mass is 9.43. The van der Waals surface area contributed by atoms with Gasteiger partial charge in [0.05, 0.1) is 5.71 Å². The molecule has 1 N–H and O–H groups in total. The minimum Gasteiger partial charge on any atom is -0.391 e. The standard InChI is InChI=1S/C25H36N2O2/c1-4-16-13-19-20-5-6-23(28)25(20,3)11-8-21(19)24(2)10-7-17(14-22(16)24)27-29-18-9-12-26-15-18/h1,16,18-22,26H,5-15H2,2-3H3/b27-17+/t16-,18+,19-,20-,21-,22+,24+,25-/m0/s1. The number of nitrogens with zero attached hydrogens (tertiary/aromatic N) is 1. The third-order valence-corrected chi connectivity index (χ3v) is 9.82. The van der Waals surface area contributed by atoms with Crippen LogP contribution in [-0.4, -0.2) is 30.7 Å². The van der Waals surface area contributed by atoms with Crippen molar-refractivity contribution in [2.75, 3.05) is 13.1 Å². The summed E-state index contributed by atoms with van der Waals surface area (Å²) in [5, 5.41) is 7.94. The van der Waals surface area contributed by atoms with Gasteiger partial charge < -0.3 is 10.2 Å². The van der Waals surface area contributed by atoms with Gasteiger partial charge >= 0.3 is 0 Å². The van der Waals surface area contributed by atoms with Crippen LogP contribution < -0.4 is 5.32 Å². The number of terminal acetylenes is 1. The fourth-order valence-electron chi connectivity index (χ4n) is 8.05. The molecule has 0 aromatic heterocycles. The minimum absolute atomic E-state index is 0.0754. The lowest BCUT2D eigenvalue weighted by molar-refractivity contribution is -0.139. The second kappa shape index (κ2) is 7.12. The van der Waals surface area contributed by atoms with E-state index in [9.17, 15) is 4.79 Å². The molecule has 4 nitrogen and oxygen atoms in total. The highest BCUT2D eigenvalue weighted by molar-refractivity contribution is 5.87. The van der Waals surface area contributed by atoms with Crippen LogP contribution in [0.2, 0.25) is 0 Å². The highest BCUT2D eigenvalue weighted by atomic mass is 16.6. The zero-order valence-electron chi connectivity index (χ0n) is 18.1. The number of nitrogens with one attached hydrogen (secondary N) is 1. The van der Waals surface area contributed by atoms with E-state index in [1.54, 1.807) is 0 Å². The number of hydrogen-bond donors (Lipinski definition) is 1. The molecular weight excluding hydrogens is 360 g/mol. The van der Waals surface area contributed by atoms with Gasteiger partial charge in [-0.05, 0) is 80.6 Å². The predicted octanol–water partition coefficient (Wildman–Crippen LogP) is 4.19. The molecule has 0 bridgehead atoms. The molecule has 4 saturated carbocycles. The smallest absolute Gasteiger partial charge is 0.141 e. The minimum atomic E-state index is -0.0754. The molecule has 0 amide bonds. The molecule has 0 spiro atoms. The molecule has 29 heavy (non-hydrogen) atoms. The van der Waals surface area contributed by atoms with Crippen LogP contribution in [0.15, 0.2) is 5.16 Å². The Hall–Kier alpha value is -1.34. The Morgan fingerprint density at radius 2 is 2.00 bits per heavy atom. The zero-order chi connectivity index (χ0) is 20.2. The first-order valence-corrected chi connectivity index (χ1v) is 11.9. The second-order valence-corrected chi connectivity index (χ2v) is 11.0. The Morgan fingerprint density at radius 1 is 1.14 bits per heavy atom. The van der Waals surface area contributed by atoms with E-state index in [1.807, 2.05) is 0 Å². The van der Waals surface area contributed by atoms with Crippen LogP contribution in [0.1, 0.15) is 71.6 Å². The third kappa shape index (κ3) is 2.99. The van der Waals surface area contributed by atoms with Gasteiger partial charge in [0.25, 0.3) is 0 Å². The van der Waals surface area contributed by atoms with Gasteiger partial charge in [-0.3, -0.25) is 4.79 Å². The number of carbonyl (C=O) groups is 1. The Morgan fingerprint density at radius 3 is 2.76 bits per heavy atom. The first-order valence-electron chi connectivity index (χ1n) is 11.9. The highest BCUT2D eigenvalue weighted by Gasteiger charge is 2.61. The summed E-state index contributed by atoms with van der Waals surface area (Å²) in [5.41, 5.74) is 1.42. The van der Waals surface area contributed by atoms with Crippen molar-refractivity contribution in [3.63, 3.8) is 0 Å². The molecule has 5 fully saturated rings. The molecular formula is C25H36N2O2. The summed E-state index contributed by atoms with van der Waals surface area (Å²) >= 11 is 0. The van der Waals surface area contributed by atoms with Crippen molar-refractivity contribution in [3.8, 4) is 12.3 Å². The summed E-state index contributed by atoms with van der Waals surface area (Å²) in [7, 11) is 0. The van der Waals surface area contributed by atoms with Crippen LogP contribution in [0.3, 0.4) is 0 Å². The van der Waals surface area contributed by atoms with E-state index in [0.29, 0.717) is 35.4 Å². The van der Waals surface area contributed by atoms with Crippen molar-refractivity contribution in [2.24, 2.45) is 45.6 Å². The average molecular weight is 397 g/mol. The van der Waals surface area contributed by atoms with Crippen LogP contribution >= 0.6 is 0 Å². The van der Waals surface area contributed by atoms with Crippen molar-refractivity contribution in [1.29, 1.82) is 0 Å². The molecule has 4 heteroatoms. The maximum atomic E-state index is 12.7. The molecule has 0 unspecified atom stereocenters. The van der Waals surface area contributed by atoms with E-state index in [4.69, 9.17) is 11.3 Å². The third-order valence-electron chi connectivity index (χ3n) is 9.82. The molecule has 5 aliphatic rings. The molecule has 158 valence electrons. The van der Waals surface area contributed by atoms with Crippen LogP contribution in [0.5, 0.6) is 0 Å². The van der Waals surface area contributed by atoms with Crippen molar-refractivity contribution < 1.29 is 9.63 Å². The summed E-state index contributed by atoms with van der Waals surface area (Å²) < 4.78 is 0. The van der Waals surface area contributed by atoms with Gasteiger partial charge in [-0.2, -0.15) is 0 Å². The van der Waals surface area contributed by atoms with Gasteiger partial charge in [-0.25, -0.2) is 0 Å². The molecule has 1 heterocycles. The Balaban J connectivity index is 1.38. The molecule has 0 aromatic carbocycles. The number of fused-ring (bicyclic) bond motifs is 5. The number of ketones is 1.